The first kappa shape index (κ1) is 17.8. The largest absolute Gasteiger partial charge is 0.494 e. The predicted molar refractivity (Wildman–Crippen MR) is 91.1 cm³/mol. The molecule has 0 spiro atoms. The van der Waals surface area contributed by atoms with Gasteiger partial charge in [0.2, 0.25) is 0 Å². The molecule has 1 saturated carbocycles. The molecule has 1 aliphatic carbocycles. The Kier molecular flexibility index (Phi) is 7.38. The molecule has 0 heterocycles. The minimum atomic E-state index is -0.540. The molecule has 0 unspecified atom stereocenters. The van der Waals surface area contributed by atoms with Crippen LogP contribution in [0.2, 0.25) is 0 Å². The van der Waals surface area contributed by atoms with Gasteiger partial charge in [-0.05, 0) is 37.0 Å². The molecule has 1 fully saturated rings. The molecule has 2 rings (SSSR count). The summed E-state index contributed by atoms with van der Waals surface area (Å²) in [6.07, 6.45) is 7.84. The predicted octanol–water partition coefficient (Wildman–Crippen LogP) is 3.54. The lowest BCUT2D eigenvalue weighted by Gasteiger charge is -2.27. The molecular formula is C19H28N2O2. The van der Waals surface area contributed by atoms with Crippen molar-refractivity contribution in [2.75, 3.05) is 13.2 Å². The number of benzene rings is 1. The second-order valence-corrected chi connectivity index (χ2v) is 6.50. The highest BCUT2D eigenvalue weighted by Gasteiger charge is 2.27. The normalized spacial score (nSPS) is 17.2. The molecule has 1 aromatic rings. The average Bonchev–Trinajstić information content (AvgIpc) is 2.77. The number of rotatable bonds is 8. The van der Waals surface area contributed by atoms with E-state index in [4.69, 9.17) is 10.00 Å². The number of nitrogens with zero attached hydrogens (tertiary/aromatic N) is 1. The van der Waals surface area contributed by atoms with E-state index in [2.05, 4.69) is 17.5 Å². The first-order valence-electron chi connectivity index (χ1n) is 8.74. The molecule has 2 N–H and O–H groups in total. The van der Waals surface area contributed by atoms with E-state index in [9.17, 15) is 5.11 Å². The molecule has 0 radical (unpaired) electrons. The van der Waals surface area contributed by atoms with E-state index in [-0.39, 0.29) is 0 Å². The highest BCUT2D eigenvalue weighted by molar-refractivity contribution is 5.28. The summed E-state index contributed by atoms with van der Waals surface area (Å²) in [7, 11) is 0. The maximum Gasteiger partial charge on any atom is 0.119 e. The Morgan fingerprint density at radius 1 is 1.22 bits per heavy atom. The van der Waals surface area contributed by atoms with Crippen LogP contribution < -0.4 is 10.1 Å². The molecule has 1 aromatic carbocycles. The van der Waals surface area contributed by atoms with Gasteiger partial charge < -0.3 is 15.2 Å². The third kappa shape index (κ3) is 6.60. The first-order chi connectivity index (χ1) is 11.2. The molecule has 4 nitrogen and oxygen atoms in total. The second-order valence-electron chi connectivity index (χ2n) is 6.50. The Labute approximate surface area is 139 Å². The molecule has 0 atom stereocenters. The number of nitrogens with one attached hydrogen (secondary N) is 1. The van der Waals surface area contributed by atoms with Crippen molar-refractivity contribution in [3.63, 3.8) is 0 Å². The lowest BCUT2D eigenvalue weighted by Crippen LogP contribution is -2.39. The van der Waals surface area contributed by atoms with Crippen LogP contribution >= 0.6 is 0 Å². The minimum Gasteiger partial charge on any atom is -0.494 e. The highest BCUT2D eigenvalue weighted by atomic mass is 16.5. The summed E-state index contributed by atoms with van der Waals surface area (Å²) < 4.78 is 5.65. The van der Waals surface area contributed by atoms with Crippen LogP contribution in [0.3, 0.4) is 0 Å². The van der Waals surface area contributed by atoms with Crippen molar-refractivity contribution in [3.05, 3.63) is 29.8 Å². The molecule has 4 heteroatoms. The van der Waals surface area contributed by atoms with Crippen LogP contribution in [0.5, 0.6) is 5.75 Å². The number of unbranched alkanes of at least 4 members (excludes halogenated alkanes) is 1. The van der Waals surface area contributed by atoms with Crippen LogP contribution in [0.15, 0.2) is 24.3 Å². The Bertz CT molecular complexity index is 502. The highest BCUT2D eigenvalue weighted by Crippen LogP contribution is 2.26. The summed E-state index contributed by atoms with van der Waals surface area (Å²) >= 11 is 0. The third-order valence-corrected chi connectivity index (χ3v) is 4.42. The fourth-order valence-electron chi connectivity index (χ4n) is 3.09. The summed E-state index contributed by atoms with van der Waals surface area (Å²) in [6.45, 7) is 1.96. The number of nitriles is 1. The van der Waals surface area contributed by atoms with Crippen LogP contribution in [0.1, 0.15) is 56.9 Å². The quantitative estimate of drug-likeness (QED) is 0.568. The fourth-order valence-corrected chi connectivity index (χ4v) is 3.09. The third-order valence-electron chi connectivity index (χ3n) is 4.42. The smallest absolute Gasteiger partial charge is 0.119 e. The summed E-state index contributed by atoms with van der Waals surface area (Å²) in [6, 6.07) is 10.1. The maximum absolute atomic E-state index is 10.6. The van der Waals surface area contributed by atoms with Gasteiger partial charge in [0, 0.05) is 19.5 Å². The van der Waals surface area contributed by atoms with Gasteiger partial charge >= 0.3 is 0 Å². The molecule has 126 valence electrons. The molecular weight excluding hydrogens is 288 g/mol. The molecule has 0 aromatic heterocycles. The van der Waals surface area contributed by atoms with E-state index < -0.39 is 5.60 Å². The number of aliphatic hydroxyl groups is 1. The van der Waals surface area contributed by atoms with Crippen molar-refractivity contribution < 1.29 is 9.84 Å². The Balaban J connectivity index is 1.75. The molecule has 0 amide bonds. The number of ether oxygens (including phenoxy) is 1. The lowest BCUT2D eigenvalue weighted by atomic mass is 9.94. The van der Waals surface area contributed by atoms with E-state index in [0.717, 1.165) is 50.0 Å². The standard InChI is InChI=1S/C19H28N2O2/c20-12-5-6-13-23-18-9-7-8-17(14-18)15-21-16-19(22)10-3-1-2-4-11-19/h7-9,14,21-22H,1-6,10-11,13,15-16H2. The van der Waals surface area contributed by atoms with Gasteiger partial charge in [-0.1, -0.05) is 37.8 Å². The van der Waals surface area contributed by atoms with Gasteiger partial charge in [0.15, 0.2) is 0 Å². The van der Waals surface area contributed by atoms with Crippen LogP contribution in [-0.4, -0.2) is 23.9 Å². The molecule has 0 aliphatic heterocycles. The molecule has 0 saturated heterocycles. The second kappa shape index (κ2) is 9.54. The number of hydrogen-bond acceptors (Lipinski definition) is 4. The van der Waals surface area contributed by atoms with Crippen LogP contribution in [0.25, 0.3) is 0 Å². The summed E-state index contributed by atoms with van der Waals surface area (Å²) in [4.78, 5) is 0. The van der Waals surface area contributed by atoms with Gasteiger partial charge in [0.05, 0.1) is 18.3 Å². The summed E-state index contributed by atoms with van der Waals surface area (Å²) in [5.41, 5.74) is 0.613. The van der Waals surface area contributed by atoms with E-state index in [1.165, 1.54) is 12.8 Å². The van der Waals surface area contributed by atoms with Crippen molar-refractivity contribution in [2.45, 2.75) is 63.5 Å². The molecule has 1 aliphatic rings. The van der Waals surface area contributed by atoms with Gasteiger partial charge in [-0.3, -0.25) is 0 Å². The molecule has 23 heavy (non-hydrogen) atoms. The summed E-state index contributed by atoms with van der Waals surface area (Å²) in [5.74, 6) is 0.843. The van der Waals surface area contributed by atoms with Crippen molar-refractivity contribution in [2.24, 2.45) is 0 Å². The fraction of sp³-hybridized carbons (Fsp3) is 0.632. The van der Waals surface area contributed by atoms with Crippen molar-refractivity contribution in [1.29, 1.82) is 5.26 Å². The Hall–Kier alpha value is -1.57. The van der Waals surface area contributed by atoms with Crippen molar-refractivity contribution in [3.8, 4) is 11.8 Å². The van der Waals surface area contributed by atoms with E-state index >= 15 is 0 Å². The van der Waals surface area contributed by atoms with Crippen molar-refractivity contribution >= 4 is 0 Å². The van der Waals surface area contributed by atoms with E-state index in [1.807, 2.05) is 18.2 Å². The van der Waals surface area contributed by atoms with Gasteiger partial charge in [-0.15, -0.1) is 0 Å². The van der Waals surface area contributed by atoms with Gasteiger partial charge in [-0.2, -0.15) is 5.26 Å². The SMILES string of the molecule is N#CCCCOc1cccc(CNCC2(O)CCCCCC2)c1. The Morgan fingerprint density at radius 2 is 2.00 bits per heavy atom. The average molecular weight is 316 g/mol. The minimum absolute atomic E-state index is 0.528. The van der Waals surface area contributed by atoms with Gasteiger partial charge in [0.25, 0.3) is 0 Å². The zero-order valence-corrected chi connectivity index (χ0v) is 13.9. The zero-order valence-electron chi connectivity index (χ0n) is 13.9. The van der Waals surface area contributed by atoms with Crippen LogP contribution in [0, 0.1) is 11.3 Å². The van der Waals surface area contributed by atoms with Crippen LogP contribution in [-0.2, 0) is 6.54 Å². The Morgan fingerprint density at radius 3 is 2.74 bits per heavy atom. The van der Waals surface area contributed by atoms with Crippen molar-refractivity contribution in [1.82, 2.24) is 5.32 Å². The van der Waals surface area contributed by atoms with Crippen LogP contribution in [0.4, 0.5) is 0 Å². The topological polar surface area (TPSA) is 65.3 Å². The van der Waals surface area contributed by atoms with E-state index in [1.54, 1.807) is 0 Å². The van der Waals surface area contributed by atoms with Gasteiger partial charge in [0.1, 0.15) is 5.75 Å². The van der Waals surface area contributed by atoms with E-state index in [0.29, 0.717) is 19.6 Å². The lowest BCUT2D eigenvalue weighted by molar-refractivity contribution is 0.0250. The summed E-state index contributed by atoms with van der Waals surface area (Å²) in [5, 5.41) is 22.5. The first-order valence-corrected chi connectivity index (χ1v) is 8.74. The maximum atomic E-state index is 10.6. The zero-order chi connectivity index (χ0) is 16.4. The monoisotopic (exact) mass is 316 g/mol. The number of hydrogen-bond donors (Lipinski definition) is 2. The molecule has 0 bridgehead atoms. The van der Waals surface area contributed by atoms with Gasteiger partial charge in [-0.25, -0.2) is 0 Å².